The van der Waals surface area contributed by atoms with E-state index in [1.807, 2.05) is 55.7 Å². The van der Waals surface area contributed by atoms with Gasteiger partial charge in [0, 0.05) is 23.9 Å². The minimum Gasteiger partial charge on any atom is -0.338 e. The first kappa shape index (κ1) is 15.6. The fourth-order valence-corrected chi connectivity index (χ4v) is 3.59. The highest BCUT2D eigenvalue weighted by Crippen LogP contribution is 2.42. The SMILES string of the molecule is CC(C)C1C(=O)N(C)c2ccc(-c3cnc(-c4ccccc4)[nH]3)cc21. The first-order chi connectivity index (χ1) is 12.1. The molecule has 0 spiro atoms. The van der Waals surface area contributed by atoms with Gasteiger partial charge < -0.3 is 9.88 Å². The van der Waals surface area contributed by atoms with E-state index in [0.717, 1.165) is 33.9 Å². The van der Waals surface area contributed by atoms with Crippen molar-refractivity contribution in [3.05, 3.63) is 60.3 Å². The molecule has 1 unspecified atom stereocenters. The summed E-state index contributed by atoms with van der Waals surface area (Å²) in [5, 5.41) is 0. The zero-order valence-corrected chi connectivity index (χ0v) is 14.7. The lowest BCUT2D eigenvalue weighted by atomic mass is 9.88. The molecule has 1 aromatic heterocycles. The average Bonchev–Trinajstić information content (AvgIpc) is 3.20. The predicted octanol–water partition coefficient (Wildman–Crippen LogP) is 4.46. The van der Waals surface area contributed by atoms with Crippen LogP contribution in [-0.4, -0.2) is 22.9 Å². The molecule has 4 heteroatoms. The normalized spacial score (nSPS) is 16.6. The molecule has 1 atom stereocenters. The largest absolute Gasteiger partial charge is 0.338 e. The highest BCUT2D eigenvalue weighted by molar-refractivity contribution is 6.05. The van der Waals surface area contributed by atoms with E-state index in [1.54, 1.807) is 4.90 Å². The first-order valence-electron chi connectivity index (χ1n) is 8.58. The Labute approximate surface area is 147 Å². The molecule has 2 aromatic carbocycles. The van der Waals surface area contributed by atoms with Crippen LogP contribution in [-0.2, 0) is 4.79 Å². The molecule has 126 valence electrons. The van der Waals surface area contributed by atoms with Gasteiger partial charge in [0.1, 0.15) is 5.82 Å². The summed E-state index contributed by atoms with van der Waals surface area (Å²) < 4.78 is 0. The molecule has 0 saturated carbocycles. The Morgan fingerprint density at radius 3 is 2.56 bits per heavy atom. The summed E-state index contributed by atoms with van der Waals surface area (Å²) >= 11 is 0. The van der Waals surface area contributed by atoms with E-state index in [1.165, 1.54) is 0 Å². The number of amides is 1. The maximum absolute atomic E-state index is 12.5. The Morgan fingerprint density at radius 1 is 1.08 bits per heavy atom. The number of hydrogen-bond acceptors (Lipinski definition) is 2. The lowest BCUT2D eigenvalue weighted by Crippen LogP contribution is -2.26. The van der Waals surface area contributed by atoms with E-state index < -0.39 is 0 Å². The Kier molecular flexibility index (Phi) is 3.68. The topological polar surface area (TPSA) is 49.0 Å². The summed E-state index contributed by atoms with van der Waals surface area (Å²) in [6, 6.07) is 16.3. The quantitative estimate of drug-likeness (QED) is 0.770. The Balaban J connectivity index is 1.74. The van der Waals surface area contributed by atoms with E-state index in [0.29, 0.717) is 0 Å². The van der Waals surface area contributed by atoms with Gasteiger partial charge in [0.15, 0.2) is 0 Å². The number of nitrogens with zero attached hydrogens (tertiary/aromatic N) is 2. The van der Waals surface area contributed by atoms with Crippen molar-refractivity contribution in [3.8, 4) is 22.6 Å². The second-order valence-corrected chi connectivity index (χ2v) is 6.90. The molecule has 0 bridgehead atoms. The van der Waals surface area contributed by atoms with Crippen LogP contribution in [0.3, 0.4) is 0 Å². The number of imidazole rings is 1. The molecule has 1 aliphatic heterocycles. The summed E-state index contributed by atoms with van der Waals surface area (Å²) in [6.07, 6.45) is 1.86. The van der Waals surface area contributed by atoms with Gasteiger partial charge in [-0.25, -0.2) is 4.98 Å². The van der Waals surface area contributed by atoms with Gasteiger partial charge in [-0.05, 0) is 23.6 Å². The molecule has 25 heavy (non-hydrogen) atoms. The van der Waals surface area contributed by atoms with Gasteiger partial charge in [0.05, 0.1) is 17.8 Å². The van der Waals surface area contributed by atoms with Crippen molar-refractivity contribution < 1.29 is 4.79 Å². The van der Waals surface area contributed by atoms with Crippen LogP contribution in [0.25, 0.3) is 22.6 Å². The third-order valence-electron chi connectivity index (χ3n) is 4.92. The molecule has 1 amide bonds. The fourth-order valence-electron chi connectivity index (χ4n) is 3.59. The summed E-state index contributed by atoms with van der Waals surface area (Å²) in [6.45, 7) is 4.20. The summed E-state index contributed by atoms with van der Waals surface area (Å²) in [5.74, 6) is 1.23. The van der Waals surface area contributed by atoms with Gasteiger partial charge in [-0.15, -0.1) is 0 Å². The van der Waals surface area contributed by atoms with E-state index in [2.05, 4.69) is 29.9 Å². The molecule has 0 saturated heterocycles. The minimum atomic E-state index is -0.0727. The van der Waals surface area contributed by atoms with Gasteiger partial charge in [-0.1, -0.05) is 50.2 Å². The number of fused-ring (bicyclic) bond motifs is 1. The number of aromatic nitrogens is 2. The molecular weight excluding hydrogens is 310 g/mol. The number of carbonyl (C=O) groups excluding carboxylic acids is 1. The number of H-pyrrole nitrogens is 1. The zero-order chi connectivity index (χ0) is 17.6. The number of likely N-dealkylation sites (N-methyl/N-ethyl adjacent to an activating group) is 1. The van der Waals surface area contributed by atoms with Gasteiger partial charge >= 0.3 is 0 Å². The lowest BCUT2D eigenvalue weighted by Gasteiger charge is -2.14. The predicted molar refractivity (Wildman–Crippen MR) is 100 cm³/mol. The molecular formula is C21H21N3O. The van der Waals surface area contributed by atoms with Crippen molar-refractivity contribution in [2.45, 2.75) is 19.8 Å². The van der Waals surface area contributed by atoms with E-state index in [4.69, 9.17) is 0 Å². The first-order valence-corrected chi connectivity index (χ1v) is 8.58. The molecule has 1 aliphatic rings. The van der Waals surface area contributed by atoms with Crippen LogP contribution in [0.4, 0.5) is 5.69 Å². The van der Waals surface area contributed by atoms with Crippen molar-refractivity contribution in [1.82, 2.24) is 9.97 Å². The highest BCUT2D eigenvalue weighted by atomic mass is 16.2. The third kappa shape index (κ3) is 2.54. The average molecular weight is 331 g/mol. The number of benzene rings is 2. The second kappa shape index (κ2) is 5.88. The number of carbonyl (C=O) groups is 1. The van der Waals surface area contributed by atoms with Crippen LogP contribution in [0, 0.1) is 5.92 Å². The van der Waals surface area contributed by atoms with Crippen LogP contribution in [0.1, 0.15) is 25.3 Å². The molecule has 3 aromatic rings. The van der Waals surface area contributed by atoms with Crippen molar-refractivity contribution in [1.29, 1.82) is 0 Å². The van der Waals surface area contributed by atoms with Crippen LogP contribution < -0.4 is 4.90 Å². The second-order valence-electron chi connectivity index (χ2n) is 6.90. The van der Waals surface area contributed by atoms with Crippen LogP contribution in [0.15, 0.2) is 54.7 Å². The molecule has 1 N–H and O–H groups in total. The Morgan fingerprint density at radius 2 is 1.84 bits per heavy atom. The number of hydrogen-bond donors (Lipinski definition) is 1. The summed E-state index contributed by atoms with van der Waals surface area (Å²) in [4.78, 5) is 22.2. The molecule has 0 radical (unpaired) electrons. The van der Waals surface area contributed by atoms with Crippen LogP contribution >= 0.6 is 0 Å². The molecule has 4 rings (SSSR count). The van der Waals surface area contributed by atoms with Gasteiger partial charge in [0.25, 0.3) is 0 Å². The standard InChI is InChI=1S/C21H21N3O/c1-13(2)19-16-11-15(9-10-18(16)24(3)21(19)25)17-12-22-20(23-17)14-7-5-4-6-8-14/h4-13,19H,1-3H3,(H,22,23). The Hall–Kier alpha value is -2.88. The van der Waals surface area contributed by atoms with E-state index in [-0.39, 0.29) is 17.7 Å². The molecule has 2 heterocycles. The van der Waals surface area contributed by atoms with E-state index in [9.17, 15) is 4.79 Å². The smallest absolute Gasteiger partial charge is 0.234 e. The summed E-state index contributed by atoms with van der Waals surface area (Å²) in [7, 11) is 1.85. The third-order valence-corrected chi connectivity index (χ3v) is 4.92. The van der Waals surface area contributed by atoms with Crippen molar-refractivity contribution in [2.75, 3.05) is 11.9 Å². The van der Waals surface area contributed by atoms with Crippen molar-refractivity contribution >= 4 is 11.6 Å². The van der Waals surface area contributed by atoms with E-state index >= 15 is 0 Å². The van der Waals surface area contributed by atoms with Crippen LogP contribution in [0.2, 0.25) is 0 Å². The molecule has 0 aliphatic carbocycles. The van der Waals surface area contributed by atoms with Crippen molar-refractivity contribution in [3.63, 3.8) is 0 Å². The number of aromatic amines is 1. The number of anilines is 1. The zero-order valence-electron chi connectivity index (χ0n) is 14.7. The van der Waals surface area contributed by atoms with Gasteiger partial charge in [0.2, 0.25) is 5.91 Å². The minimum absolute atomic E-state index is 0.0727. The molecule has 4 nitrogen and oxygen atoms in total. The lowest BCUT2D eigenvalue weighted by molar-refractivity contribution is -0.119. The van der Waals surface area contributed by atoms with Gasteiger partial charge in [-0.2, -0.15) is 0 Å². The van der Waals surface area contributed by atoms with Crippen molar-refractivity contribution in [2.24, 2.45) is 5.92 Å². The Bertz CT molecular complexity index is 927. The number of rotatable bonds is 3. The highest BCUT2D eigenvalue weighted by Gasteiger charge is 2.37. The van der Waals surface area contributed by atoms with Gasteiger partial charge in [-0.3, -0.25) is 4.79 Å². The summed E-state index contributed by atoms with van der Waals surface area (Å²) in [5.41, 5.74) is 5.20. The molecule has 0 fully saturated rings. The maximum atomic E-state index is 12.5. The fraction of sp³-hybridized carbons (Fsp3) is 0.238. The van der Waals surface area contributed by atoms with Crippen LogP contribution in [0.5, 0.6) is 0 Å². The monoisotopic (exact) mass is 331 g/mol. The number of nitrogens with one attached hydrogen (secondary N) is 1. The maximum Gasteiger partial charge on any atom is 0.234 e.